The van der Waals surface area contributed by atoms with E-state index in [0.717, 1.165) is 24.2 Å². The maximum atomic E-state index is 10.2. The van der Waals surface area contributed by atoms with Crippen LogP contribution in [0.1, 0.15) is 32.6 Å². The van der Waals surface area contributed by atoms with Gasteiger partial charge in [0.2, 0.25) is 0 Å². The topological polar surface area (TPSA) is 29.5 Å². The molecule has 4 fully saturated rings. The predicted octanol–water partition coefficient (Wildman–Crippen LogP) is 2.58. The highest BCUT2D eigenvalue weighted by Gasteiger charge is 2.71. The zero-order valence-electron chi connectivity index (χ0n) is 10.5. The Labute approximate surface area is 103 Å². The summed E-state index contributed by atoms with van der Waals surface area (Å²) in [5.74, 6) is 3.76. The molecular weight excluding hydrogens is 212 g/mol. The number of fused-ring (bicyclic) bond motifs is 9. The summed E-state index contributed by atoms with van der Waals surface area (Å²) in [6.07, 6.45) is 6.87. The van der Waals surface area contributed by atoms with Gasteiger partial charge >= 0.3 is 0 Å². The molecule has 1 N–H and O–H groups in total. The molecule has 4 aliphatic rings. The normalized spacial score (nSPS) is 62.8. The molecule has 4 rings (SSSR count). The van der Waals surface area contributed by atoms with Crippen molar-refractivity contribution >= 4 is 0 Å². The summed E-state index contributed by atoms with van der Waals surface area (Å²) in [5, 5.41) is 10.2. The molecule has 4 aliphatic carbocycles. The van der Waals surface area contributed by atoms with E-state index in [1.807, 2.05) is 0 Å². The molecule has 0 aromatic carbocycles. The largest absolute Gasteiger partial charge is 0.498 e. The van der Waals surface area contributed by atoms with Crippen molar-refractivity contribution in [3.63, 3.8) is 0 Å². The Hall–Kier alpha value is -0.500. The maximum Gasteiger partial charge on any atom is 0.101 e. The number of hydrogen-bond acceptors (Lipinski definition) is 2. The van der Waals surface area contributed by atoms with Crippen molar-refractivity contribution in [2.75, 3.05) is 0 Å². The van der Waals surface area contributed by atoms with E-state index in [9.17, 15) is 5.11 Å². The summed E-state index contributed by atoms with van der Waals surface area (Å²) in [5.41, 5.74) is 0.360. The van der Waals surface area contributed by atoms with Crippen molar-refractivity contribution in [2.45, 2.75) is 44.8 Å². The fourth-order valence-corrected chi connectivity index (χ4v) is 6.44. The third kappa shape index (κ3) is 1.02. The lowest BCUT2D eigenvalue weighted by Crippen LogP contribution is -2.48. The van der Waals surface area contributed by atoms with Crippen LogP contribution in [0.3, 0.4) is 0 Å². The van der Waals surface area contributed by atoms with E-state index in [-0.39, 0.29) is 6.10 Å². The van der Waals surface area contributed by atoms with Gasteiger partial charge in [0.1, 0.15) is 6.10 Å². The molecule has 0 amide bonds. The number of rotatable bonds is 2. The van der Waals surface area contributed by atoms with Gasteiger partial charge in [-0.2, -0.15) is 0 Å². The molecule has 0 aliphatic heterocycles. The van der Waals surface area contributed by atoms with Gasteiger partial charge < -0.3 is 9.84 Å². The molecule has 0 spiro atoms. The van der Waals surface area contributed by atoms with Crippen LogP contribution in [0.4, 0.5) is 0 Å². The first-order valence-corrected chi connectivity index (χ1v) is 7.10. The molecule has 0 saturated heterocycles. The van der Waals surface area contributed by atoms with Gasteiger partial charge in [0.15, 0.2) is 0 Å². The van der Waals surface area contributed by atoms with Crippen molar-refractivity contribution in [3.05, 3.63) is 12.8 Å². The molecule has 2 heteroatoms. The molecule has 4 saturated carbocycles. The van der Waals surface area contributed by atoms with Gasteiger partial charge in [0.05, 0.1) is 12.4 Å². The molecule has 0 radical (unpaired) electrons. The molecule has 2 nitrogen and oxygen atoms in total. The molecule has 0 aromatic rings. The van der Waals surface area contributed by atoms with E-state index >= 15 is 0 Å². The Morgan fingerprint density at radius 2 is 1.88 bits per heavy atom. The first kappa shape index (κ1) is 10.4. The van der Waals surface area contributed by atoms with Gasteiger partial charge in [-0.05, 0) is 54.8 Å². The van der Waals surface area contributed by atoms with E-state index in [0.29, 0.717) is 23.4 Å². The smallest absolute Gasteiger partial charge is 0.101 e. The molecule has 17 heavy (non-hydrogen) atoms. The van der Waals surface area contributed by atoms with Gasteiger partial charge in [-0.25, -0.2) is 0 Å². The van der Waals surface area contributed by atoms with Gasteiger partial charge in [-0.1, -0.05) is 13.5 Å². The van der Waals surface area contributed by atoms with Crippen LogP contribution in [0.15, 0.2) is 12.8 Å². The van der Waals surface area contributed by atoms with Crippen LogP contribution in [0.25, 0.3) is 0 Å². The molecule has 8 atom stereocenters. The van der Waals surface area contributed by atoms with Crippen molar-refractivity contribution < 1.29 is 9.84 Å². The van der Waals surface area contributed by atoms with Crippen molar-refractivity contribution in [1.82, 2.24) is 0 Å². The Bertz CT molecular complexity index is 366. The Morgan fingerprint density at radius 3 is 2.65 bits per heavy atom. The summed E-state index contributed by atoms with van der Waals surface area (Å²) >= 11 is 0. The van der Waals surface area contributed by atoms with Crippen LogP contribution in [0.5, 0.6) is 0 Å². The van der Waals surface area contributed by atoms with Gasteiger partial charge in [0.25, 0.3) is 0 Å². The minimum atomic E-state index is -0.0371. The van der Waals surface area contributed by atoms with Crippen LogP contribution < -0.4 is 0 Å². The molecular formula is C15H22O2. The van der Waals surface area contributed by atoms with E-state index in [4.69, 9.17) is 4.74 Å². The lowest BCUT2D eigenvalue weighted by molar-refractivity contribution is -0.0813. The number of aliphatic hydroxyl groups excluding tert-OH is 1. The fourth-order valence-electron chi connectivity index (χ4n) is 6.44. The summed E-state index contributed by atoms with van der Waals surface area (Å²) < 4.78 is 5.74. The second kappa shape index (κ2) is 3.09. The third-order valence-corrected chi connectivity index (χ3v) is 6.71. The number of hydrogen-bond donors (Lipinski definition) is 1. The second-order valence-electron chi connectivity index (χ2n) is 6.98. The third-order valence-electron chi connectivity index (χ3n) is 6.71. The summed E-state index contributed by atoms with van der Waals surface area (Å²) in [6.45, 7) is 6.15. The summed E-state index contributed by atoms with van der Waals surface area (Å²) in [4.78, 5) is 0. The highest BCUT2D eigenvalue weighted by Crippen LogP contribution is 2.74. The van der Waals surface area contributed by atoms with E-state index in [1.54, 1.807) is 6.26 Å². The minimum absolute atomic E-state index is 0.0371. The second-order valence-corrected chi connectivity index (χ2v) is 6.98. The van der Waals surface area contributed by atoms with Crippen LogP contribution in [-0.4, -0.2) is 17.3 Å². The number of aliphatic hydroxyl groups is 1. The Morgan fingerprint density at radius 1 is 1.18 bits per heavy atom. The van der Waals surface area contributed by atoms with Crippen LogP contribution in [-0.2, 0) is 4.74 Å². The van der Waals surface area contributed by atoms with Crippen LogP contribution >= 0.6 is 0 Å². The lowest BCUT2D eigenvalue weighted by Gasteiger charge is -2.48. The zero-order chi connectivity index (χ0) is 11.8. The average Bonchev–Trinajstić information content (AvgIpc) is 2.94. The number of ether oxygens (including phenoxy) is 1. The van der Waals surface area contributed by atoms with Gasteiger partial charge in [-0.3, -0.25) is 0 Å². The first-order valence-electron chi connectivity index (χ1n) is 7.10. The van der Waals surface area contributed by atoms with Gasteiger partial charge in [0, 0.05) is 5.92 Å². The Kier molecular flexibility index (Phi) is 1.89. The lowest BCUT2D eigenvalue weighted by atomic mass is 9.59. The highest BCUT2D eigenvalue weighted by atomic mass is 16.5. The summed E-state index contributed by atoms with van der Waals surface area (Å²) in [6, 6.07) is 0. The van der Waals surface area contributed by atoms with Gasteiger partial charge in [-0.15, -0.1) is 0 Å². The van der Waals surface area contributed by atoms with E-state index < -0.39 is 0 Å². The average molecular weight is 234 g/mol. The Balaban J connectivity index is 1.71. The molecule has 0 aromatic heterocycles. The summed E-state index contributed by atoms with van der Waals surface area (Å²) in [7, 11) is 0. The standard InChI is InChI=1S/C15H22O2/c1-3-17-13-7-9-5-11(13)15(2)10-4-8(14(9)15)6-12(10)16/h3,8-14,16H,1,4-7H2,2H3. The highest BCUT2D eigenvalue weighted by molar-refractivity contribution is 5.19. The molecule has 8 unspecified atom stereocenters. The molecule has 0 heterocycles. The predicted molar refractivity (Wildman–Crippen MR) is 65.1 cm³/mol. The molecule has 4 bridgehead atoms. The van der Waals surface area contributed by atoms with E-state index in [1.165, 1.54) is 19.3 Å². The maximum absolute atomic E-state index is 10.2. The zero-order valence-corrected chi connectivity index (χ0v) is 10.5. The minimum Gasteiger partial charge on any atom is -0.498 e. The van der Waals surface area contributed by atoms with Crippen molar-refractivity contribution in [1.29, 1.82) is 0 Å². The van der Waals surface area contributed by atoms with E-state index in [2.05, 4.69) is 13.5 Å². The SMILES string of the molecule is C=COC1CC2CC1C1(C)C3CC(CC3O)C21. The monoisotopic (exact) mass is 234 g/mol. The van der Waals surface area contributed by atoms with Crippen molar-refractivity contribution in [3.8, 4) is 0 Å². The fraction of sp³-hybridized carbons (Fsp3) is 0.867. The van der Waals surface area contributed by atoms with Crippen LogP contribution in [0.2, 0.25) is 0 Å². The first-order chi connectivity index (χ1) is 8.16. The van der Waals surface area contributed by atoms with Crippen molar-refractivity contribution in [2.24, 2.45) is 35.0 Å². The quantitative estimate of drug-likeness (QED) is 0.588. The van der Waals surface area contributed by atoms with Crippen LogP contribution in [0, 0.1) is 35.0 Å². The molecule has 94 valence electrons.